The minimum atomic E-state index is -1.04. The molecule has 0 bridgehead atoms. The maximum Gasteiger partial charge on any atom is 0.349 e. The van der Waals surface area contributed by atoms with Crippen LogP contribution in [0.3, 0.4) is 0 Å². The largest absolute Gasteiger partial charge is 0.494 e. The number of hydrogen-bond donors (Lipinski definition) is 1. The molecule has 0 spiro atoms. The SMILES string of the molecule is CCOc1ccc(/C=C(\C#N)C(=O)OCC(=O)Nc2c(F)cccc2F)cc1. The third-order valence-corrected chi connectivity index (χ3v) is 3.40. The van der Waals surface area contributed by atoms with E-state index in [1.165, 1.54) is 6.08 Å². The van der Waals surface area contributed by atoms with E-state index < -0.39 is 35.8 Å². The van der Waals surface area contributed by atoms with Crippen molar-refractivity contribution >= 4 is 23.6 Å². The van der Waals surface area contributed by atoms with E-state index in [0.29, 0.717) is 17.9 Å². The van der Waals surface area contributed by atoms with Crippen LogP contribution in [0.4, 0.5) is 14.5 Å². The first-order chi connectivity index (χ1) is 13.4. The number of esters is 1. The Morgan fingerprint density at radius 1 is 1.14 bits per heavy atom. The van der Waals surface area contributed by atoms with Gasteiger partial charge in [0.15, 0.2) is 6.61 Å². The number of carbonyl (C=O) groups excluding carboxylic acids is 2. The van der Waals surface area contributed by atoms with Crippen LogP contribution in [0, 0.1) is 23.0 Å². The number of nitriles is 1. The molecule has 0 saturated carbocycles. The van der Waals surface area contributed by atoms with Crippen LogP contribution in [0.5, 0.6) is 5.75 Å². The van der Waals surface area contributed by atoms with Gasteiger partial charge in [0, 0.05) is 0 Å². The molecule has 0 aliphatic carbocycles. The molecule has 0 fully saturated rings. The van der Waals surface area contributed by atoms with Gasteiger partial charge >= 0.3 is 5.97 Å². The smallest absolute Gasteiger partial charge is 0.349 e. The summed E-state index contributed by atoms with van der Waals surface area (Å²) in [6.45, 7) is 1.53. The first-order valence-electron chi connectivity index (χ1n) is 8.20. The Morgan fingerprint density at radius 3 is 2.36 bits per heavy atom. The number of nitrogens with one attached hydrogen (secondary N) is 1. The maximum absolute atomic E-state index is 13.5. The Labute approximate surface area is 160 Å². The number of amides is 1. The molecule has 2 aromatic carbocycles. The Kier molecular flexibility index (Phi) is 7.22. The third kappa shape index (κ3) is 5.64. The van der Waals surface area contributed by atoms with Crippen molar-refractivity contribution in [3.05, 3.63) is 65.2 Å². The lowest BCUT2D eigenvalue weighted by molar-refractivity contribution is -0.142. The quantitative estimate of drug-likeness (QED) is 0.447. The van der Waals surface area contributed by atoms with Crippen molar-refractivity contribution in [2.24, 2.45) is 0 Å². The lowest BCUT2D eigenvalue weighted by Crippen LogP contribution is -2.22. The average molecular weight is 386 g/mol. The lowest BCUT2D eigenvalue weighted by atomic mass is 10.1. The molecule has 2 rings (SSSR count). The number of nitrogens with zero attached hydrogens (tertiary/aromatic N) is 1. The van der Waals surface area contributed by atoms with Gasteiger partial charge in [-0.25, -0.2) is 13.6 Å². The zero-order valence-corrected chi connectivity index (χ0v) is 14.9. The van der Waals surface area contributed by atoms with Gasteiger partial charge in [0.05, 0.1) is 6.61 Å². The molecule has 0 aliphatic heterocycles. The van der Waals surface area contributed by atoms with Gasteiger partial charge in [-0.15, -0.1) is 0 Å². The Bertz CT molecular complexity index is 914. The predicted molar refractivity (Wildman–Crippen MR) is 97.1 cm³/mol. The van der Waals surface area contributed by atoms with Crippen LogP contribution in [0.1, 0.15) is 12.5 Å². The molecule has 1 amide bonds. The van der Waals surface area contributed by atoms with E-state index in [9.17, 15) is 18.4 Å². The highest BCUT2D eigenvalue weighted by atomic mass is 19.1. The van der Waals surface area contributed by atoms with E-state index in [2.05, 4.69) is 0 Å². The van der Waals surface area contributed by atoms with Crippen molar-refractivity contribution in [3.63, 3.8) is 0 Å². The Morgan fingerprint density at radius 2 is 1.79 bits per heavy atom. The zero-order valence-electron chi connectivity index (χ0n) is 14.9. The summed E-state index contributed by atoms with van der Waals surface area (Å²) in [6, 6.07) is 11.4. The van der Waals surface area contributed by atoms with Crippen molar-refractivity contribution in [1.82, 2.24) is 0 Å². The fourth-order valence-corrected chi connectivity index (χ4v) is 2.13. The molecule has 6 nitrogen and oxygen atoms in total. The summed E-state index contributed by atoms with van der Waals surface area (Å²) >= 11 is 0. The molecule has 0 aromatic heterocycles. The van der Waals surface area contributed by atoms with Crippen LogP contribution in [0.25, 0.3) is 6.08 Å². The van der Waals surface area contributed by atoms with Gasteiger partial charge in [-0.1, -0.05) is 18.2 Å². The van der Waals surface area contributed by atoms with Crippen LogP contribution >= 0.6 is 0 Å². The molecule has 1 N–H and O–H groups in total. The molecule has 2 aromatic rings. The van der Waals surface area contributed by atoms with Gasteiger partial charge in [0.2, 0.25) is 0 Å². The topological polar surface area (TPSA) is 88.4 Å². The summed E-state index contributed by atoms with van der Waals surface area (Å²) in [6.07, 6.45) is 1.28. The summed E-state index contributed by atoms with van der Waals surface area (Å²) in [7, 11) is 0. The van der Waals surface area contributed by atoms with E-state index in [1.807, 2.05) is 12.2 Å². The second-order valence-electron chi connectivity index (χ2n) is 5.39. The maximum atomic E-state index is 13.5. The van der Waals surface area contributed by atoms with E-state index in [4.69, 9.17) is 14.7 Å². The van der Waals surface area contributed by atoms with Crippen molar-refractivity contribution < 1.29 is 27.8 Å². The highest BCUT2D eigenvalue weighted by Gasteiger charge is 2.16. The molecule has 0 saturated heterocycles. The van der Waals surface area contributed by atoms with E-state index in [-0.39, 0.29) is 5.57 Å². The molecule has 0 aliphatic rings. The van der Waals surface area contributed by atoms with Crippen molar-refractivity contribution in [1.29, 1.82) is 5.26 Å². The van der Waals surface area contributed by atoms with Crippen LogP contribution in [0.15, 0.2) is 48.0 Å². The van der Waals surface area contributed by atoms with Gasteiger partial charge < -0.3 is 14.8 Å². The van der Waals surface area contributed by atoms with Crippen LogP contribution in [-0.2, 0) is 14.3 Å². The number of ether oxygens (including phenoxy) is 2. The van der Waals surface area contributed by atoms with Crippen molar-refractivity contribution in [2.45, 2.75) is 6.92 Å². The summed E-state index contributed by atoms with van der Waals surface area (Å²) in [5, 5.41) is 11.1. The summed E-state index contributed by atoms with van der Waals surface area (Å²) in [5.74, 6) is -3.28. The molecule has 0 unspecified atom stereocenters. The first kappa shape index (κ1) is 20.6. The third-order valence-electron chi connectivity index (χ3n) is 3.40. The molecule has 0 radical (unpaired) electrons. The molecule has 0 atom stereocenters. The second-order valence-corrected chi connectivity index (χ2v) is 5.39. The fourth-order valence-electron chi connectivity index (χ4n) is 2.13. The van der Waals surface area contributed by atoms with Gasteiger partial charge in [0.25, 0.3) is 5.91 Å². The molecule has 8 heteroatoms. The molecule has 0 heterocycles. The Balaban J connectivity index is 1.98. The van der Waals surface area contributed by atoms with Crippen LogP contribution < -0.4 is 10.1 Å². The molecule has 144 valence electrons. The molecular weight excluding hydrogens is 370 g/mol. The van der Waals surface area contributed by atoms with Crippen molar-refractivity contribution in [2.75, 3.05) is 18.5 Å². The van der Waals surface area contributed by atoms with Crippen LogP contribution in [0.2, 0.25) is 0 Å². The minimum Gasteiger partial charge on any atom is -0.494 e. The molecular formula is C20H16F2N2O4. The lowest BCUT2D eigenvalue weighted by Gasteiger charge is -2.08. The molecule has 28 heavy (non-hydrogen) atoms. The van der Waals surface area contributed by atoms with Gasteiger partial charge in [0.1, 0.15) is 34.7 Å². The number of anilines is 1. The average Bonchev–Trinajstić information content (AvgIpc) is 2.68. The van der Waals surface area contributed by atoms with Crippen LogP contribution in [-0.4, -0.2) is 25.1 Å². The summed E-state index contributed by atoms with van der Waals surface area (Å²) in [5.41, 5.74) is -0.433. The summed E-state index contributed by atoms with van der Waals surface area (Å²) in [4.78, 5) is 23.7. The second kappa shape index (κ2) is 9.83. The number of halogens is 2. The van der Waals surface area contributed by atoms with E-state index in [0.717, 1.165) is 18.2 Å². The van der Waals surface area contributed by atoms with E-state index in [1.54, 1.807) is 30.3 Å². The first-order valence-corrected chi connectivity index (χ1v) is 8.20. The predicted octanol–water partition coefficient (Wildman–Crippen LogP) is 3.45. The standard InChI is InChI=1S/C20H16F2N2O4/c1-2-27-15-8-6-13(7-9-15)10-14(11-23)20(26)28-12-18(25)24-19-16(21)4-3-5-17(19)22/h3-10H,2,12H2,1H3,(H,24,25)/b14-10+. The van der Waals surface area contributed by atoms with E-state index >= 15 is 0 Å². The zero-order chi connectivity index (χ0) is 20.5. The van der Waals surface area contributed by atoms with Gasteiger partial charge in [-0.2, -0.15) is 5.26 Å². The monoisotopic (exact) mass is 386 g/mol. The minimum absolute atomic E-state index is 0.339. The summed E-state index contributed by atoms with van der Waals surface area (Å²) < 4.78 is 37.0. The highest BCUT2D eigenvalue weighted by Crippen LogP contribution is 2.18. The fraction of sp³-hybridized carbons (Fsp3) is 0.150. The number of para-hydroxylation sites is 1. The van der Waals surface area contributed by atoms with Gasteiger partial charge in [-0.05, 0) is 42.8 Å². The van der Waals surface area contributed by atoms with Gasteiger partial charge in [-0.3, -0.25) is 4.79 Å². The van der Waals surface area contributed by atoms with Crippen molar-refractivity contribution in [3.8, 4) is 11.8 Å². The normalized spacial score (nSPS) is 10.7. The number of benzene rings is 2. The number of hydrogen-bond acceptors (Lipinski definition) is 5. The highest BCUT2D eigenvalue weighted by molar-refractivity contribution is 6.00. The Hall–Kier alpha value is -3.73. The number of carbonyl (C=O) groups is 2. The number of rotatable bonds is 7.